The molecule has 1 aromatic rings. The largest absolute Gasteiger partial charge is 0.497 e. The molecule has 2 unspecified atom stereocenters. The summed E-state index contributed by atoms with van der Waals surface area (Å²) in [6, 6.07) is 6.07. The van der Waals surface area contributed by atoms with Crippen molar-refractivity contribution in [3.8, 4) is 11.5 Å². The SMILES string of the molecule is COc1ccc(CN2CC3CONC3(C3CCOCC3)C2)c(OC)c1. The van der Waals surface area contributed by atoms with Crippen molar-refractivity contribution in [3.05, 3.63) is 23.8 Å². The molecule has 2 atom stereocenters. The van der Waals surface area contributed by atoms with E-state index in [1.165, 1.54) is 5.56 Å². The summed E-state index contributed by atoms with van der Waals surface area (Å²) < 4.78 is 16.4. The third-order valence-corrected chi connectivity index (χ3v) is 6.08. The molecule has 0 aromatic heterocycles. The quantitative estimate of drug-likeness (QED) is 0.876. The van der Waals surface area contributed by atoms with Crippen LogP contribution in [0.4, 0.5) is 0 Å². The van der Waals surface area contributed by atoms with Crippen molar-refractivity contribution in [3.63, 3.8) is 0 Å². The second-order valence-corrected chi connectivity index (χ2v) is 7.38. The molecule has 3 fully saturated rings. The number of hydroxylamine groups is 1. The van der Waals surface area contributed by atoms with Gasteiger partial charge in [0.2, 0.25) is 0 Å². The Bertz CT molecular complexity index is 605. The van der Waals surface area contributed by atoms with Gasteiger partial charge in [-0.05, 0) is 24.8 Å². The Balaban J connectivity index is 1.50. The summed E-state index contributed by atoms with van der Waals surface area (Å²) in [6.45, 7) is 5.49. The van der Waals surface area contributed by atoms with Crippen LogP contribution in [0.15, 0.2) is 18.2 Å². The molecule has 6 heteroatoms. The highest BCUT2D eigenvalue weighted by Crippen LogP contribution is 2.43. The van der Waals surface area contributed by atoms with Gasteiger partial charge in [-0.2, -0.15) is 5.48 Å². The van der Waals surface area contributed by atoms with Crippen molar-refractivity contribution in [2.45, 2.75) is 24.9 Å². The molecule has 3 heterocycles. The lowest BCUT2D eigenvalue weighted by atomic mass is 9.74. The zero-order valence-corrected chi connectivity index (χ0v) is 15.1. The van der Waals surface area contributed by atoms with Gasteiger partial charge in [0.25, 0.3) is 0 Å². The van der Waals surface area contributed by atoms with Crippen LogP contribution in [0.25, 0.3) is 0 Å². The molecule has 3 aliphatic heterocycles. The fourth-order valence-electron chi connectivity index (χ4n) is 4.73. The van der Waals surface area contributed by atoms with Crippen LogP contribution in [0.1, 0.15) is 18.4 Å². The van der Waals surface area contributed by atoms with Crippen LogP contribution in [-0.4, -0.2) is 57.6 Å². The highest BCUT2D eigenvalue weighted by atomic mass is 16.7. The Morgan fingerprint density at radius 1 is 1.20 bits per heavy atom. The van der Waals surface area contributed by atoms with E-state index in [-0.39, 0.29) is 5.54 Å². The summed E-state index contributed by atoms with van der Waals surface area (Å²) in [5.74, 6) is 2.88. The molecule has 25 heavy (non-hydrogen) atoms. The summed E-state index contributed by atoms with van der Waals surface area (Å²) >= 11 is 0. The first-order valence-corrected chi connectivity index (χ1v) is 9.15. The molecule has 0 bridgehead atoms. The molecule has 0 aliphatic carbocycles. The Kier molecular flexibility index (Phi) is 4.86. The first-order valence-electron chi connectivity index (χ1n) is 9.15. The smallest absolute Gasteiger partial charge is 0.127 e. The highest BCUT2D eigenvalue weighted by Gasteiger charge is 2.55. The Morgan fingerprint density at radius 3 is 2.80 bits per heavy atom. The van der Waals surface area contributed by atoms with Crippen molar-refractivity contribution in [1.29, 1.82) is 0 Å². The van der Waals surface area contributed by atoms with E-state index in [9.17, 15) is 0 Å². The van der Waals surface area contributed by atoms with Gasteiger partial charge < -0.3 is 19.0 Å². The number of ether oxygens (including phenoxy) is 3. The third-order valence-electron chi connectivity index (χ3n) is 6.08. The van der Waals surface area contributed by atoms with E-state index in [0.29, 0.717) is 11.8 Å². The molecular weight excluding hydrogens is 320 g/mol. The summed E-state index contributed by atoms with van der Waals surface area (Å²) in [7, 11) is 3.40. The summed E-state index contributed by atoms with van der Waals surface area (Å²) in [5.41, 5.74) is 4.69. The summed E-state index contributed by atoms with van der Waals surface area (Å²) in [4.78, 5) is 8.21. The average molecular weight is 348 g/mol. The number of nitrogens with zero attached hydrogens (tertiary/aromatic N) is 1. The summed E-state index contributed by atoms with van der Waals surface area (Å²) in [6.07, 6.45) is 2.24. The van der Waals surface area contributed by atoms with E-state index >= 15 is 0 Å². The Hall–Kier alpha value is -1.34. The molecule has 1 N–H and O–H groups in total. The van der Waals surface area contributed by atoms with Gasteiger partial charge in [-0.15, -0.1) is 0 Å². The van der Waals surface area contributed by atoms with Crippen molar-refractivity contribution in [2.24, 2.45) is 11.8 Å². The van der Waals surface area contributed by atoms with Crippen LogP contribution in [0, 0.1) is 11.8 Å². The van der Waals surface area contributed by atoms with Crippen molar-refractivity contribution >= 4 is 0 Å². The van der Waals surface area contributed by atoms with Crippen LogP contribution in [-0.2, 0) is 16.1 Å². The first-order chi connectivity index (χ1) is 12.2. The molecule has 0 saturated carbocycles. The number of nitrogens with one attached hydrogen (secondary N) is 1. The van der Waals surface area contributed by atoms with E-state index in [2.05, 4.69) is 16.4 Å². The van der Waals surface area contributed by atoms with E-state index in [1.807, 2.05) is 12.1 Å². The molecule has 6 nitrogen and oxygen atoms in total. The lowest BCUT2D eigenvalue weighted by molar-refractivity contribution is -0.0114. The first kappa shape index (κ1) is 17.1. The molecular formula is C19H28N2O4. The molecule has 0 spiro atoms. The molecule has 4 rings (SSSR count). The fourth-order valence-corrected chi connectivity index (χ4v) is 4.73. The number of benzene rings is 1. The maximum absolute atomic E-state index is 5.68. The maximum Gasteiger partial charge on any atom is 0.127 e. The maximum atomic E-state index is 5.68. The number of likely N-dealkylation sites (tertiary alicyclic amines) is 1. The monoisotopic (exact) mass is 348 g/mol. The van der Waals surface area contributed by atoms with Crippen LogP contribution in [0.5, 0.6) is 11.5 Å². The minimum Gasteiger partial charge on any atom is -0.497 e. The fraction of sp³-hybridized carbons (Fsp3) is 0.684. The number of methoxy groups -OCH3 is 2. The minimum absolute atomic E-state index is 0.0729. The number of fused-ring (bicyclic) bond motifs is 1. The third kappa shape index (κ3) is 3.12. The molecule has 138 valence electrons. The van der Waals surface area contributed by atoms with Crippen LogP contribution >= 0.6 is 0 Å². The van der Waals surface area contributed by atoms with E-state index in [0.717, 1.165) is 63.8 Å². The standard InChI is InChI=1S/C19H28N2O4/c1-22-17-4-3-14(18(9-17)23-2)10-21-11-16-12-25-20-19(16,13-21)15-5-7-24-8-6-15/h3-4,9,15-16,20H,5-8,10-13H2,1-2H3. The number of hydrogen-bond donors (Lipinski definition) is 1. The van der Waals surface area contributed by atoms with Gasteiger partial charge >= 0.3 is 0 Å². The molecule has 1 aromatic carbocycles. The van der Waals surface area contributed by atoms with Gasteiger partial charge in [0.1, 0.15) is 11.5 Å². The Morgan fingerprint density at radius 2 is 2.04 bits per heavy atom. The Labute approximate surface area is 149 Å². The molecule has 3 aliphatic rings. The molecule has 0 amide bonds. The van der Waals surface area contributed by atoms with Gasteiger partial charge in [-0.25, -0.2) is 0 Å². The van der Waals surface area contributed by atoms with Gasteiger partial charge in [0.15, 0.2) is 0 Å². The zero-order chi connectivity index (χ0) is 17.3. The van der Waals surface area contributed by atoms with Gasteiger partial charge in [-0.1, -0.05) is 6.07 Å². The average Bonchev–Trinajstić information content (AvgIpc) is 3.20. The van der Waals surface area contributed by atoms with Gasteiger partial charge in [0.05, 0.1) is 26.4 Å². The second kappa shape index (κ2) is 7.11. The highest BCUT2D eigenvalue weighted by molar-refractivity contribution is 5.40. The normalized spacial score (nSPS) is 30.4. The minimum atomic E-state index is 0.0729. The van der Waals surface area contributed by atoms with Gasteiger partial charge in [0, 0.05) is 50.4 Å². The predicted octanol–water partition coefficient (Wildman–Crippen LogP) is 1.84. The number of hydrogen-bond acceptors (Lipinski definition) is 6. The van der Waals surface area contributed by atoms with Crippen molar-refractivity contribution < 1.29 is 19.0 Å². The lowest BCUT2D eigenvalue weighted by Gasteiger charge is -2.38. The van der Waals surface area contributed by atoms with Crippen LogP contribution in [0.3, 0.4) is 0 Å². The van der Waals surface area contributed by atoms with E-state index in [4.69, 9.17) is 19.0 Å². The second-order valence-electron chi connectivity index (χ2n) is 7.38. The van der Waals surface area contributed by atoms with Crippen LogP contribution < -0.4 is 15.0 Å². The summed E-state index contributed by atoms with van der Waals surface area (Å²) in [5, 5.41) is 0. The van der Waals surface area contributed by atoms with E-state index < -0.39 is 0 Å². The number of rotatable bonds is 5. The lowest BCUT2D eigenvalue weighted by Crippen LogP contribution is -2.53. The van der Waals surface area contributed by atoms with Crippen LogP contribution in [0.2, 0.25) is 0 Å². The molecule has 0 radical (unpaired) electrons. The zero-order valence-electron chi connectivity index (χ0n) is 15.1. The predicted molar refractivity (Wildman–Crippen MR) is 93.7 cm³/mol. The van der Waals surface area contributed by atoms with Crippen molar-refractivity contribution in [2.75, 3.05) is 47.1 Å². The molecule has 3 saturated heterocycles. The topological polar surface area (TPSA) is 52.2 Å². The van der Waals surface area contributed by atoms with E-state index in [1.54, 1.807) is 14.2 Å². The van der Waals surface area contributed by atoms with Crippen molar-refractivity contribution in [1.82, 2.24) is 10.4 Å². The van der Waals surface area contributed by atoms with Gasteiger partial charge in [-0.3, -0.25) is 4.90 Å².